The van der Waals surface area contributed by atoms with E-state index in [0.29, 0.717) is 18.7 Å². The molecule has 1 aromatic carbocycles. The van der Waals surface area contributed by atoms with Crippen LogP contribution in [0, 0.1) is 11.8 Å². The molecule has 0 saturated carbocycles. The summed E-state index contributed by atoms with van der Waals surface area (Å²) in [6, 6.07) is 7.56. The number of rotatable bonds is 3. The predicted molar refractivity (Wildman–Crippen MR) is 74.2 cm³/mol. The maximum atomic E-state index is 12.3. The number of carbonyl (C=O) groups is 1. The van der Waals surface area contributed by atoms with E-state index in [1.54, 1.807) is 0 Å². The van der Waals surface area contributed by atoms with Gasteiger partial charge in [-0.1, -0.05) is 17.9 Å². The van der Waals surface area contributed by atoms with E-state index in [0.717, 1.165) is 5.56 Å². The van der Waals surface area contributed by atoms with Crippen LogP contribution in [0.1, 0.15) is 36.7 Å². The first-order chi connectivity index (χ1) is 8.60. The van der Waals surface area contributed by atoms with E-state index in [1.165, 1.54) is 0 Å². The van der Waals surface area contributed by atoms with Gasteiger partial charge < -0.3 is 10.6 Å². The number of hydrogen-bond donors (Lipinski definition) is 1. The van der Waals surface area contributed by atoms with Crippen LogP contribution >= 0.6 is 0 Å². The summed E-state index contributed by atoms with van der Waals surface area (Å²) >= 11 is 0. The fourth-order valence-electron chi connectivity index (χ4n) is 1.79. The minimum atomic E-state index is 0.0453. The second kappa shape index (κ2) is 6.83. The van der Waals surface area contributed by atoms with Gasteiger partial charge in [-0.2, -0.15) is 0 Å². The highest BCUT2D eigenvalue weighted by molar-refractivity contribution is 5.94. The number of nitrogens with two attached hydrogens (primary N) is 1. The second-order valence-corrected chi connectivity index (χ2v) is 4.27. The van der Waals surface area contributed by atoms with E-state index in [2.05, 4.69) is 11.8 Å². The third-order valence-electron chi connectivity index (χ3n) is 2.67. The van der Waals surface area contributed by atoms with Gasteiger partial charge in [0.15, 0.2) is 0 Å². The van der Waals surface area contributed by atoms with Crippen LogP contribution in [-0.2, 0) is 0 Å². The van der Waals surface area contributed by atoms with Crippen LogP contribution in [0.5, 0.6) is 0 Å². The lowest BCUT2D eigenvalue weighted by Crippen LogP contribution is -2.36. The zero-order chi connectivity index (χ0) is 13.5. The topological polar surface area (TPSA) is 46.3 Å². The highest BCUT2D eigenvalue weighted by Crippen LogP contribution is 2.10. The molecule has 3 heteroatoms. The molecule has 0 spiro atoms. The predicted octanol–water partition coefficient (Wildman–Crippen LogP) is 1.87. The van der Waals surface area contributed by atoms with Crippen molar-refractivity contribution in [1.82, 2.24) is 4.90 Å². The first kappa shape index (κ1) is 14.3. The SMILES string of the molecule is CCN(C(=O)c1cccc(C#CCN)c1)C(C)C. The van der Waals surface area contributed by atoms with Crippen molar-refractivity contribution in [2.75, 3.05) is 13.1 Å². The molecule has 0 aliphatic heterocycles. The van der Waals surface area contributed by atoms with Gasteiger partial charge in [0.05, 0.1) is 6.54 Å². The third-order valence-corrected chi connectivity index (χ3v) is 2.67. The molecule has 1 amide bonds. The number of carbonyl (C=O) groups excluding carboxylic acids is 1. The Morgan fingerprint density at radius 1 is 1.44 bits per heavy atom. The molecular weight excluding hydrogens is 224 g/mol. The molecule has 0 aromatic heterocycles. The minimum Gasteiger partial charge on any atom is -0.337 e. The summed E-state index contributed by atoms with van der Waals surface area (Å²) in [4.78, 5) is 14.1. The Morgan fingerprint density at radius 2 is 2.17 bits per heavy atom. The van der Waals surface area contributed by atoms with Crippen molar-refractivity contribution in [2.45, 2.75) is 26.8 Å². The molecule has 0 bridgehead atoms. The molecule has 0 aliphatic rings. The van der Waals surface area contributed by atoms with Crippen LogP contribution in [-0.4, -0.2) is 29.9 Å². The Hall–Kier alpha value is -1.79. The fraction of sp³-hybridized carbons (Fsp3) is 0.400. The highest BCUT2D eigenvalue weighted by atomic mass is 16.2. The highest BCUT2D eigenvalue weighted by Gasteiger charge is 2.16. The molecule has 0 aliphatic carbocycles. The number of hydrogen-bond acceptors (Lipinski definition) is 2. The molecule has 0 radical (unpaired) electrons. The summed E-state index contributed by atoms with van der Waals surface area (Å²) in [7, 11) is 0. The maximum Gasteiger partial charge on any atom is 0.254 e. The fourth-order valence-corrected chi connectivity index (χ4v) is 1.79. The number of amides is 1. The van der Waals surface area contributed by atoms with Gasteiger partial charge in [-0.05, 0) is 39.0 Å². The van der Waals surface area contributed by atoms with Crippen molar-refractivity contribution >= 4 is 5.91 Å². The summed E-state index contributed by atoms with van der Waals surface area (Å²) in [5.41, 5.74) is 6.84. The van der Waals surface area contributed by atoms with Crippen LogP contribution in [0.2, 0.25) is 0 Å². The molecular formula is C15H20N2O. The summed E-state index contributed by atoms with van der Waals surface area (Å²) in [6.07, 6.45) is 0. The van der Waals surface area contributed by atoms with Crippen molar-refractivity contribution in [2.24, 2.45) is 5.73 Å². The molecule has 0 saturated heterocycles. The Kier molecular flexibility index (Phi) is 5.41. The molecule has 1 rings (SSSR count). The van der Waals surface area contributed by atoms with E-state index < -0.39 is 0 Å². The molecule has 18 heavy (non-hydrogen) atoms. The summed E-state index contributed by atoms with van der Waals surface area (Å²) in [5.74, 6) is 5.77. The molecule has 2 N–H and O–H groups in total. The second-order valence-electron chi connectivity index (χ2n) is 4.27. The van der Waals surface area contributed by atoms with Crippen molar-refractivity contribution in [3.8, 4) is 11.8 Å². The maximum absolute atomic E-state index is 12.3. The average molecular weight is 244 g/mol. The van der Waals surface area contributed by atoms with Gasteiger partial charge in [-0.25, -0.2) is 0 Å². The normalized spacial score (nSPS) is 9.83. The van der Waals surface area contributed by atoms with Crippen LogP contribution in [0.25, 0.3) is 0 Å². The molecule has 0 fully saturated rings. The lowest BCUT2D eigenvalue weighted by Gasteiger charge is -2.25. The van der Waals surface area contributed by atoms with Gasteiger partial charge in [0.25, 0.3) is 5.91 Å². The van der Waals surface area contributed by atoms with Crippen molar-refractivity contribution in [3.05, 3.63) is 35.4 Å². The van der Waals surface area contributed by atoms with E-state index in [1.807, 2.05) is 49.9 Å². The Balaban J connectivity index is 2.99. The Morgan fingerprint density at radius 3 is 2.72 bits per heavy atom. The summed E-state index contributed by atoms with van der Waals surface area (Å²) in [5, 5.41) is 0. The van der Waals surface area contributed by atoms with E-state index in [-0.39, 0.29) is 11.9 Å². The minimum absolute atomic E-state index is 0.0453. The van der Waals surface area contributed by atoms with Gasteiger partial charge in [0.1, 0.15) is 0 Å². The number of benzene rings is 1. The van der Waals surface area contributed by atoms with Crippen LogP contribution < -0.4 is 5.73 Å². The average Bonchev–Trinajstić information content (AvgIpc) is 2.37. The van der Waals surface area contributed by atoms with Gasteiger partial charge in [0, 0.05) is 23.7 Å². The van der Waals surface area contributed by atoms with E-state index >= 15 is 0 Å². The Labute approximate surface area is 109 Å². The van der Waals surface area contributed by atoms with Crippen molar-refractivity contribution in [1.29, 1.82) is 0 Å². The quantitative estimate of drug-likeness (QED) is 0.825. The summed E-state index contributed by atoms with van der Waals surface area (Å²) in [6.45, 7) is 7.04. The first-order valence-electron chi connectivity index (χ1n) is 6.20. The van der Waals surface area contributed by atoms with Gasteiger partial charge >= 0.3 is 0 Å². The van der Waals surface area contributed by atoms with Crippen molar-refractivity contribution in [3.63, 3.8) is 0 Å². The third kappa shape index (κ3) is 3.61. The standard InChI is InChI=1S/C15H20N2O/c1-4-17(12(2)3)15(18)14-9-5-7-13(11-14)8-6-10-16/h5,7,9,11-12H,4,10,16H2,1-3H3. The molecule has 0 atom stereocenters. The van der Waals surface area contributed by atoms with Crippen LogP contribution in [0.4, 0.5) is 0 Å². The van der Waals surface area contributed by atoms with Gasteiger partial charge in [-0.3, -0.25) is 4.79 Å². The van der Waals surface area contributed by atoms with Gasteiger partial charge in [-0.15, -0.1) is 0 Å². The lowest BCUT2D eigenvalue weighted by molar-refractivity contribution is 0.0717. The monoisotopic (exact) mass is 244 g/mol. The van der Waals surface area contributed by atoms with E-state index in [4.69, 9.17) is 5.73 Å². The molecule has 0 heterocycles. The number of nitrogens with zero attached hydrogens (tertiary/aromatic N) is 1. The molecule has 3 nitrogen and oxygen atoms in total. The van der Waals surface area contributed by atoms with Crippen LogP contribution in [0.3, 0.4) is 0 Å². The van der Waals surface area contributed by atoms with Gasteiger partial charge in [0.2, 0.25) is 0 Å². The Bertz CT molecular complexity index is 469. The van der Waals surface area contributed by atoms with Crippen molar-refractivity contribution < 1.29 is 4.79 Å². The zero-order valence-electron chi connectivity index (χ0n) is 11.2. The molecule has 1 aromatic rings. The first-order valence-corrected chi connectivity index (χ1v) is 6.20. The molecule has 96 valence electrons. The summed E-state index contributed by atoms with van der Waals surface area (Å²) < 4.78 is 0. The smallest absolute Gasteiger partial charge is 0.254 e. The van der Waals surface area contributed by atoms with E-state index in [9.17, 15) is 4.79 Å². The van der Waals surface area contributed by atoms with Crippen LogP contribution in [0.15, 0.2) is 24.3 Å². The lowest BCUT2D eigenvalue weighted by atomic mass is 10.1. The largest absolute Gasteiger partial charge is 0.337 e. The zero-order valence-corrected chi connectivity index (χ0v) is 11.2. The molecule has 0 unspecified atom stereocenters.